The molecule has 4 rings (SSSR count). The number of carbonyl (C=O) groups is 1. The Morgan fingerprint density at radius 1 is 1.19 bits per heavy atom. The van der Waals surface area contributed by atoms with Crippen LogP contribution in [0.4, 0.5) is 10.2 Å². The normalized spacial score (nSPS) is 11.1. The highest BCUT2D eigenvalue weighted by Gasteiger charge is 2.22. The first-order valence-electron chi connectivity index (χ1n) is 9.38. The fourth-order valence-electron chi connectivity index (χ4n) is 3.24. The van der Waals surface area contributed by atoms with Crippen molar-refractivity contribution in [1.82, 2.24) is 19.7 Å². The summed E-state index contributed by atoms with van der Waals surface area (Å²) in [6.07, 6.45) is 0. The van der Waals surface area contributed by atoms with Gasteiger partial charge in [0.15, 0.2) is 5.82 Å². The molecule has 0 atom stereocenters. The second-order valence-electron chi connectivity index (χ2n) is 6.83. The Kier molecular flexibility index (Phi) is 5.66. The van der Waals surface area contributed by atoms with Crippen molar-refractivity contribution in [1.29, 1.82) is 0 Å². The highest BCUT2D eigenvalue weighted by molar-refractivity contribution is 7.20. The van der Waals surface area contributed by atoms with Crippen LogP contribution in [0.3, 0.4) is 0 Å². The number of hydrogen-bond donors (Lipinski definition) is 1. The number of amides is 1. The average molecular weight is 441 g/mol. The molecule has 0 fully saturated rings. The van der Waals surface area contributed by atoms with E-state index in [4.69, 9.17) is 9.47 Å². The number of methoxy groups -OCH3 is 2. The molecule has 160 valence electrons. The minimum absolute atomic E-state index is 0.237. The molecule has 10 heteroatoms. The van der Waals surface area contributed by atoms with Gasteiger partial charge >= 0.3 is 0 Å². The van der Waals surface area contributed by atoms with E-state index in [-0.39, 0.29) is 18.3 Å². The molecule has 0 aliphatic rings. The Morgan fingerprint density at radius 2 is 1.94 bits per heavy atom. The number of thiophene rings is 1. The van der Waals surface area contributed by atoms with Gasteiger partial charge in [0.25, 0.3) is 5.91 Å². The van der Waals surface area contributed by atoms with Crippen LogP contribution in [0.1, 0.15) is 26.8 Å². The van der Waals surface area contributed by atoms with Crippen molar-refractivity contribution < 1.29 is 18.7 Å². The van der Waals surface area contributed by atoms with E-state index in [2.05, 4.69) is 20.4 Å². The van der Waals surface area contributed by atoms with E-state index in [1.54, 1.807) is 30.0 Å². The molecule has 0 spiro atoms. The molecule has 31 heavy (non-hydrogen) atoms. The van der Waals surface area contributed by atoms with Gasteiger partial charge in [-0.3, -0.25) is 4.79 Å². The van der Waals surface area contributed by atoms with Gasteiger partial charge in [0.1, 0.15) is 23.1 Å². The zero-order chi connectivity index (χ0) is 22.1. The van der Waals surface area contributed by atoms with Crippen LogP contribution in [0, 0.1) is 19.7 Å². The Balaban J connectivity index is 1.71. The summed E-state index contributed by atoms with van der Waals surface area (Å²) in [5.74, 6) is 0.701. The third-order valence-electron chi connectivity index (χ3n) is 4.62. The maximum Gasteiger partial charge on any atom is 0.267 e. The van der Waals surface area contributed by atoms with Crippen LogP contribution in [0.2, 0.25) is 0 Å². The molecular formula is C21H20FN5O3S. The molecule has 0 radical (unpaired) electrons. The van der Waals surface area contributed by atoms with E-state index in [1.807, 2.05) is 13.8 Å². The SMILES string of the molecule is COCc1nc(OC)c2c(C)c(C(=O)Nc3cc(C)nn3-c3ccc(F)cc3)sc2n1. The minimum Gasteiger partial charge on any atom is -0.480 e. The van der Waals surface area contributed by atoms with E-state index in [0.717, 1.165) is 5.56 Å². The number of anilines is 1. The van der Waals surface area contributed by atoms with Crippen molar-refractivity contribution in [3.8, 4) is 11.6 Å². The van der Waals surface area contributed by atoms with Crippen molar-refractivity contribution in [2.45, 2.75) is 20.5 Å². The molecule has 0 aliphatic carbocycles. The van der Waals surface area contributed by atoms with E-state index < -0.39 is 0 Å². The molecule has 3 heterocycles. The maximum absolute atomic E-state index is 13.3. The number of nitrogens with zero attached hydrogens (tertiary/aromatic N) is 4. The Bertz CT molecular complexity index is 1270. The van der Waals surface area contributed by atoms with Gasteiger partial charge < -0.3 is 14.8 Å². The number of nitrogens with one attached hydrogen (secondary N) is 1. The standard InChI is InChI=1S/C21H20FN5O3S/c1-11-9-16(27(26-11)14-7-5-13(22)6-8-14)25-19(28)18-12(2)17-20(30-4)23-15(10-29-3)24-21(17)31-18/h5-9H,10H2,1-4H3,(H,25,28). The van der Waals surface area contributed by atoms with Crippen molar-refractivity contribution in [3.63, 3.8) is 0 Å². The predicted molar refractivity (Wildman–Crippen MR) is 116 cm³/mol. The number of rotatable bonds is 6. The zero-order valence-corrected chi connectivity index (χ0v) is 18.2. The van der Waals surface area contributed by atoms with Gasteiger partial charge in [0.2, 0.25) is 5.88 Å². The number of fused-ring (bicyclic) bond motifs is 1. The first-order valence-corrected chi connectivity index (χ1v) is 10.2. The largest absolute Gasteiger partial charge is 0.480 e. The fourth-order valence-corrected chi connectivity index (χ4v) is 4.33. The smallest absolute Gasteiger partial charge is 0.267 e. The molecule has 8 nitrogen and oxygen atoms in total. The number of carbonyl (C=O) groups excluding carboxylic acids is 1. The number of ether oxygens (including phenoxy) is 2. The Labute approximate surface area is 181 Å². The monoisotopic (exact) mass is 441 g/mol. The lowest BCUT2D eigenvalue weighted by molar-refractivity contribution is 0.102. The molecule has 1 aromatic carbocycles. The second-order valence-corrected chi connectivity index (χ2v) is 7.83. The van der Waals surface area contributed by atoms with E-state index in [1.165, 1.54) is 30.6 Å². The summed E-state index contributed by atoms with van der Waals surface area (Å²) < 4.78 is 25.4. The van der Waals surface area contributed by atoms with Crippen molar-refractivity contribution in [2.75, 3.05) is 19.5 Å². The summed E-state index contributed by atoms with van der Waals surface area (Å²) in [7, 11) is 3.09. The number of aryl methyl sites for hydroxylation is 2. The summed E-state index contributed by atoms with van der Waals surface area (Å²) in [5, 5.41) is 8.01. The zero-order valence-electron chi connectivity index (χ0n) is 17.4. The predicted octanol–water partition coefficient (Wildman–Crippen LogP) is 4.04. The van der Waals surface area contributed by atoms with Gasteiger partial charge in [0.05, 0.1) is 28.8 Å². The number of halogens is 1. The molecule has 0 aliphatic heterocycles. The lowest BCUT2D eigenvalue weighted by Crippen LogP contribution is -2.14. The molecule has 4 aromatic rings. The van der Waals surface area contributed by atoms with Crippen LogP contribution in [0.5, 0.6) is 5.88 Å². The topological polar surface area (TPSA) is 91.2 Å². The van der Waals surface area contributed by atoms with Crippen LogP contribution in [-0.4, -0.2) is 39.9 Å². The molecule has 0 saturated carbocycles. The molecule has 3 aromatic heterocycles. The fraction of sp³-hybridized carbons (Fsp3) is 0.238. The van der Waals surface area contributed by atoms with E-state index in [9.17, 15) is 9.18 Å². The van der Waals surface area contributed by atoms with Crippen LogP contribution in [-0.2, 0) is 11.3 Å². The number of benzene rings is 1. The van der Waals surface area contributed by atoms with Crippen LogP contribution < -0.4 is 10.1 Å². The quantitative estimate of drug-likeness (QED) is 0.486. The summed E-state index contributed by atoms with van der Waals surface area (Å²) >= 11 is 1.25. The Morgan fingerprint density at radius 3 is 2.61 bits per heavy atom. The van der Waals surface area contributed by atoms with Crippen molar-refractivity contribution in [2.24, 2.45) is 0 Å². The number of hydrogen-bond acceptors (Lipinski definition) is 7. The summed E-state index contributed by atoms with van der Waals surface area (Å²) in [4.78, 5) is 23.1. The highest BCUT2D eigenvalue weighted by Crippen LogP contribution is 2.35. The molecule has 1 N–H and O–H groups in total. The van der Waals surface area contributed by atoms with Crippen molar-refractivity contribution in [3.05, 3.63) is 58.1 Å². The van der Waals surface area contributed by atoms with Crippen molar-refractivity contribution >= 4 is 33.3 Å². The number of aromatic nitrogens is 4. The molecule has 0 saturated heterocycles. The van der Waals surface area contributed by atoms with Crippen LogP contribution in [0.25, 0.3) is 15.9 Å². The first kappa shape index (κ1) is 20.9. The minimum atomic E-state index is -0.345. The Hall–Kier alpha value is -3.37. The third-order valence-corrected chi connectivity index (χ3v) is 5.81. The second kappa shape index (κ2) is 8.40. The lowest BCUT2D eigenvalue weighted by atomic mass is 10.2. The molecule has 0 bridgehead atoms. The molecule has 1 amide bonds. The molecular weight excluding hydrogens is 421 g/mol. The first-order chi connectivity index (χ1) is 14.9. The molecule has 0 unspecified atom stereocenters. The van der Waals surface area contributed by atoms with Gasteiger partial charge in [-0.25, -0.2) is 14.1 Å². The van der Waals surface area contributed by atoms with Gasteiger partial charge in [-0.1, -0.05) is 0 Å². The summed E-state index contributed by atoms with van der Waals surface area (Å²) in [5.41, 5.74) is 2.07. The van der Waals surface area contributed by atoms with Gasteiger partial charge in [-0.15, -0.1) is 11.3 Å². The van der Waals surface area contributed by atoms with Crippen LogP contribution >= 0.6 is 11.3 Å². The van der Waals surface area contributed by atoms with Gasteiger partial charge in [-0.2, -0.15) is 10.1 Å². The summed E-state index contributed by atoms with van der Waals surface area (Å²) in [6, 6.07) is 7.63. The van der Waals surface area contributed by atoms with Gasteiger partial charge in [-0.05, 0) is 43.7 Å². The van der Waals surface area contributed by atoms with Crippen LogP contribution in [0.15, 0.2) is 30.3 Å². The lowest BCUT2D eigenvalue weighted by Gasteiger charge is -2.09. The van der Waals surface area contributed by atoms with Gasteiger partial charge in [0, 0.05) is 13.2 Å². The maximum atomic E-state index is 13.3. The average Bonchev–Trinajstić information content (AvgIpc) is 3.28. The van der Waals surface area contributed by atoms with E-state index in [0.29, 0.717) is 44.0 Å². The highest BCUT2D eigenvalue weighted by atomic mass is 32.1. The third kappa shape index (κ3) is 3.99. The summed E-state index contributed by atoms with van der Waals surface area (Å²) in [6.45, 7) is 3.89. The van der Waals surface area contributed by atoms with E-state index >= 15 is 0 Å².